The molecule has 76 valence electrons. The maximum Gasteiger partial charge on any atom is 0.225 e. The van der Waals surface area contributed by atoms with Crippen LogP contribution in [-0.2, 0) is 4.79 Å². The zero-order valence-electron chi connectivity index (χ0n) is 9.00. The molecule has 0 radical (unpaired) electrons. The van der Waals surface area contributed by atoms with E-state index >= 15 is 0 Å². The molecule has 0 aromatic carbocycles. The number of amides is 1. The van der Waals surface area contributed by atoms with Gasteiger partial charge in [0.25, 0.3) is 0 Å². The summed E-state index contributed by atoms with van der Waals surface area (Å²) in [5.74, 6) is 0.308. The van der Waals surface area contributed by atoms with Crippen LogP contribution in [0.25, 0.3) is 0 Å². The second kappa shape index (κ2) is 3.29. The topological polar surface area (TPSA) is 46.3 Å². The second-order valence-corrected chi connectivity index (χ2v) is 4.97. The molecule has 0 aromatic heterocycles. The molecule has 3 nitrogen and oxygen atoms in total. The molecule has 1 amide bonds. The molecule has 2 N–H and O–H groups in total. The molecule has 1 fully saturated rings. The Kier molecular flexibility index (Phi) is 2.66. The van der Waals surface area contributed by atoms with Crippen molar-refractivity contribution in [2.75, 3.05) is 13.1 Å². The molecule has 0 aromatic rings. The third-order valence-electron chi connectivity index (χ3n) is 2.82. The summed E-state index contributed by atoms with van der Waals surface area (Å²) in [5, 5.41) is 0. The number of carbonyl (C=O) groups is 1. The van der Waals surface area contributed by atoms with E-state index in [9.17, 15) is 4.79 Å². The highest BCUT2D eigenvalue weighted by atomic mass is 16.2. The summed E-state index contributed by atoms with van der Waals surface area (Å²) in [7, 11) is 0. The van der Waals surface area contributed by atoms with Gasteiger partial charge in [0.1, 0.15) is 0 Å². The molecule has 1 atom stereocenters. The van der Waals surface area contributed by atoms with Gasteiger partial charge in [-0.2, -0.15) is 0 Å². The van der Waals surface area contributed by atoms with Crippen molar-refractivity contribution in [3.63, 3.8) is 0 Å². The Morgan fingerprint density at radius 1 is 1.54 bits per heavy atom. The molecule has 1 unspecified atom stereocenters. The number of hydrogen-bond acceptors (Lipinski definition) is 2. The van der Waals surface area contributed by atoms with Crippen molar-refractivity contribution in [2.24, 2.45) is 17.1 Å². The first-order chi connectivity index (χ1) is 5.84. The Bertz CT molecular complexity index is 211. The largest absolute Gasteiger partial charge is 0.340 e. The second-order valence-electron chi connectivity index (χ2n) is 4.97. The molecular weight excluding hydrogens is 164 g/mol. The standard InChI is InChI=1S/C10H20N2O/c1-7(2)9(13)12-5-8(11)10(3,4)6-12/h7-8H,5-6,11H2,1-4H3. The molecule has 0 saturated carbocycles. The van der Waals surface area contributed by atoms with Gasteiger partial charge in [0, 0.05) is 25.0 Å². The predicted octanol–water partition coefficient (Wildman–Crippen LogP) is 0.838. The predicted molar refractivity (Wildman–Crippen MR) is 53.2 cm³/mol. The molecule has 1 rings (SSSR count). The van der Waals surface area contributed by atoms with Crippen LogP contribution < -0.4 is 5.73 Å². The monoisotopic (exact) mass is 184 g/mol. The summed E-state index contributed by atoms with van der Waals surface area (Å²) >= 11 is 0. The number of carbonyl (C=O) groups excluding carboxylic acids is 1. The maximum absolute atomic E-state index is 11.6. The van der Waals surface area contributed by atoms with Crippen molar-refractivity contribution < 1.29 is 4.79 Å². The Morgan fingerprint density at radius 2 is 2.08 bits per heavy atom. The normalized spacial score (nSPS) is 26.9. The maximum atomic E-state index is 11.6. The summed E-state index contributed by atoms with van der Waals surface area (Å²) in [4.78, 5) is 13.5. The van der Waals surface area contributed by atoms with E-state index in [4.69, 9.17) is 5.73 Å². The van der Waals surface area contributed by atoms with Crippen LogP contribution in [0, 0.1) is 11.3 Å². The molecule has 0 spiro atoms. The number of nitrogens with two attached hydrogens (primary N) is 1. The van der Waals surface area contributed by atoms with Gasteiger partial charge in [0.05, 0.1) is 0 Å². The number of hydrogen-bond donors (Lipinski definition) is 1. The van der Waals surface area contributed by atoms with Crippen LogP contribution in [-0.4, -0.2) is 29.9 Å². The van der Waals surface area contributed by atoms with E-state index in [1.54, 1.807) is 0 Å². The summed E-state index contributed by atoms with van der Waals surface area (Å²) in [5.41, 5.74) is 6.02. The van der Waals surface area contributed by atoms with Gasteiger partial charge in [-0.1, -0.05) is 27.7 Å². The molecule has 0 aliphatic carbocycles. The fourth-order valence-electron chi connectivity index (χ4n) is 1.69. The van der Waals surface area contributed by atoms with Gasteiger partial charge in [-0.15, -0.1) is 0 Å². The lowest BCUT2D eigenvalue weighted by Gasteiger charge is -2.22. The van der Waals surface area contributed by atoms with Gasteiger partial charge < -0.3 is 10.6 Å². The number of rotatable bonds is 1. The zero-order valence-corrected chi connectivity index (χ0v) is 9.00. The molecule has 1 saturated heterocycles. The molecule has 0 bridgehead atoms. The first kappa shape index (κ1) is 10.5. The highest BCUT2D eigenvalue weighted by Crippen LogP contribution is 2.28. The Balaban J connectivity index is 2.64. The smallest absolute Gasteiger partial charge is 0.225 e. The van der Waals surface area contributed by atoms with Gasteiger partial charge in [0.2, 0.25) is 5.91 Å². The Morgan fingerprint density at radius 3 is 2.38 bits per heavy atom. The van der Waals surface area contributed by atoms with E-state index < -0.39 is 0 Å². The summed E-state index contributed by atoms with van der Waals surface area (Å²) in [6, 6.07) is 0.121. The molecule has 13 heavy (non-hydrogen) atoms. The van der Waals surface area contributed by atoms with E-state index in [-0.39, 0.29) is 23.3 Å². The van der Waals surface area contributed by atoms with Crippen molar-refractivity contribution >= 4 is 5.91 Å². The molecule has 3 heteroatoms. The Labute approximate surface area is 80.3 Å². The van der Waals surface area contributed by atoms with E-state index in [0.717, 1.165) is 6.54 Å². The average Bonchev–Trinajstić information content (AvgIpc) is 2.25. The molecule has 1 heterocycles. The minimum atomic E-state index is 0.0740. The molecular formula is C10H20N2O. The molecule has 1 aliphatic heterocycles. The van der Waals surface area contributed by atoms with Crippen molar-refractivity contribution in [1.29, 1.82) is 0 Å². The fourth-order valence-corrected chi connectivity index (χ4v) is 1.69. The first-order valence-electron chi connectivity index (χ1n) is 4.89. The van der Waals surface area contributed by atoms with E-state index in [2.05, 4.69) is 13.8 Å². The van der Waals surface area contributed by atoms with Crippen LogP contribution in [0.2, 0.25) is 0 Å². The van der Waals surface area contributed by atoms with Gasteiger partial charge in [-0.3, -0.25) is 4.79 Å². The first-order valence-corrected chi connectivity index (χ1v) is 4.89. The van der Waals surface area contributed by atoms with E-state index in [1.807, 2.05) is 18.7 Å². The minimum absolute atomic E-state index is 0.0740. The third-order valence-corrected chi connectivity index (χ3v) is 2.82. The lowest BCUT2D eigenvalue weighted by atomic mass is 9.89. The van der Waals surface area contributed by atoms with Gasteiger partial charge in [-0.05, 0) is 5.41 Å². The van der Waals surface area contributed by atoms with Crippen LogP contribution in [0.1, 0.15) is 27.7 Å². The zero-order chi connectivity index (χ0) is 10.2. The highest BCUT2D eigenvalue weighted by molar-refractivity contribution is 5.78. The van der Waals surface area contributed by atoms with Gasteiger partial charge in [0.15, 0.2) is 0 Å². The lowest BCUT2D eigenvalue weighted by molar-refractivity contribution is -0.133. The van der Waals surface area contributed by atoms with Crippen molar-refractivity contribution in [1.82, 2.24) is 4.90 Å². The third kappa shape index (κ3) is 2.02. The van der Waals surface area contributed by atoms with E-state index in [0.29, 0.717) is 6.54 Å². The minimum Gasteiger partial charge on any atom is -0.340 e. The summed E-state index contributed by atoms with van der Waals surface area (Å²) in [6.45, 7) is 9.60. The van der Waals surface area contributed by atoms with Crippen molar-refractivity contribution in [3.8, 4) is 0 Å². The lowest BCUT2D eigenvalue weighted by Crippen LogP contribution is -2.35. The number of likely N-dealkylation sites (tertiary alicyclic amines) is 1. The quantitative estimate of drug-likeness (QED) is 0.656. The van der Waals surface area contributed by atoms with Crippen molar-refractivity contribution in [3.05, 3.63) is 0 Å². The SMILES string of the molecule is CC(C)C(=O)N1CC(N)C(C)(C)C1. The van der Waals surface area contributed by atoms with Crippen LogP contribution in [0.5, 0.6) is 0 Å². The molecule has 1 aliphatic rings. The van der Waals surface area contributed by atoms with Crippen LogP contribution in [0.4, 0.5) is 0 Å². The summed E-state index contributed by atoms with van der Waals surface area (Å²) in [6.07, 6.45) is 0. The number of nitrogens with zero attached hydrogens (tertiary/aromatic N) is 1. The van der Waals surface area contributed by atoms with Crippen LogP contribution in [0.3, 0.4) is 0 Å². The van der Waals surface area contributed by atoms with E-state index in [1.165, 1.54) is 0 Å². The van der Waals surface area contributed by atoms with Gasteiger partial charge >= 0.3 is 0 Å². The van der Waals surface area contributed by atoms with Crippen molar-refractivity contribution in [2.45, 2.75) is 33.7 Å². The average molecular weight is 184 g/mol. The Hall–Kier alpha value is -0.570. The van der Waals surface area contributed by atoms with Crippen LogP contribution in [0.15, 0.2) is 0 Å². The fraction of sp³-hybridized carbons (Fsp3) is 0.900. The van der Waals surface area contributed by atoms with Crippen LogP contribution >= 0.6 is 0 Å². The van der Waals surface area contributed by atoms with Gasteiger partial charge in [-0.25, -0.2) is 0 Å². The summed E-state index contributed by atoms with van der Waals surface area (Å²) < 4.78 is 0. The highest BCUT2D eigenvalue weighted by Gasteiger charge is 2.39.